The minimum atomic E-state index is -0.263. The van der Waals surface area contributed by atoms with Crippen molar-refractivity contribution in [2.75, 3.05) is 5.32 Å². The van der Waals surface area contributed by atoms with Gasteiger partial charge in [0, 0.05) is 11.9 Å². The Balaban J connectivity index is 2.21. The summed E-state index contributed by atoms with van der Waals surface area (Å²) in [5.41, 5.74) is 1.67. The minimum absolute atomic E-state index is 0.263. The fourth-order valence-electron chi connectivity index (χ4n) is 1.24. The Kier molecular flexibility index (Phi) is 2.87. The van der Waals surface area contributed by atoms with Crippen LogP contribution in [0.15, 0.2) is 24.7 Å². The maximum atomic E-state index is 11.8. The number of rotatable bonds is 2. The summed E-state index contributed by atoms with van der Waals surface area (Å²) in [5.74, 6) is -0.263. The van der Waals surface area contributed by atoms with Crippen molar-refractivity contribution in [3.05, 3.63) is 40.9 Å². The van der Waals surface area contributed by atoms with Gasteiger partial charge in [0.15, 0.2) is 0 Å². The topological polar surface area (TPSA) is 70.7 Å². The summed E-state index contributed by atoms with van der Waals surface area (Å²) in [5, 5.41) is 9.57. The number of aromatic amines is 1. The molecule has 2 N–H and O–H groups in total. The molecule has 2 heterocycles. The highest BCUT2D eigenvalue weighted by Crippen LogP contribution is 2.20. The van der Waals surface area contributed by atoms with Crippen molar-refractivity contribution < 1.29 is 4.79 Å². The second-order valence-electron chi connectivity index (χ2n) is 3.22. The fraction of sp³-hybridized carbons (Fsp3) is 0.100. The molecule has 6 heteroatoms. The molecule has 0 radical (unpaired) electrons. The molecule has 2 aromatic heterocycles. The SMILES string of the molecule is Cc1[nH]ncc1C(=O)Nc1cnccc1Cl. The van der Waals surface area contributed by atoms with E-state index >= 15 is 0 Å². The Hall–Kier alpha value is -1.88. The molecular formula is C10H9ClN4O. The number of nitrogens with zero attached hydrogens (tertiary/aromatic N) is 2. The van der Waals surface area contributed by atoms with Gasteiger partial charge in [0.1, 0.15) is 0 Å². The van der Waals surface area contributed by atoms with E-state index in [1.165, 1.54) is 12.4 Å². The molecule has 0 aliphatic carbocycles. The van der Waals surface area contributed by atoms with Crippen LogP contribution < -0.4 is 5.32 Å². The van der Waals surface area contributed by atoms with E-state index in [9.17, 15) is 4.79 Å². The van der Waals surface area contributed by atoms with Gasteiger partial charge < -0.3 is 5.32 Å². The quantitative estimate of drug-likeness (QED) is 0.838. The van der Waals surface area contributed by atoms with Crippen LogP contribution in [0, 0.1) is 6.92 Å². The van der Waals surface area contributed by atoms with Gasteiger partial charge in [-0.3, -0.25) is 14.9 Å². The zero-order chi connectivity index (χ0) is 11.5. The lowest BCUT2D eigenvalue weighted by molar-refractivity contribution is 0.102. The third-order valence-corrected chi connectivity index (χ3v) is 2.42. The maximum Gasteiger partial charge on any atom is 0.259 e. The number of halogens is 1. The molecule has 5 nitrogen and oxygen atoms in total. The molecule has 0 fully saturated rings. The van der Waals surface area contributed by atoms with Gasteiger partial charge in [-0.2, -0.15) is 5.10 Å². The lowest BCUT2D eigenvalue weighted by Crippen LogP contribution is -2.12. The highest BCUT2D eigenvalue weighted by Gasteiger charge is 2.12. The smallest absolute Gasteiger partial charge is 0.259 e. The summed E-state index contributed by atoms with van der Waals surface area (Å²) in [4.78, 5) is 15.7. The molecule has 16 heavy (non-hydrogen) atoms. The summed E-state index contributed by atoms with van der Waals surface area (Å²) >= 11 is 5.89. The first-order chi connectivity index (χ1) is 7.68. The Bertz CT molecular complexity index is 523. The van der Waals surface area contributed by atoms with Crippen molar-refractivity contribution in [1.29, 1.82) is 0 Å². The second-order valence-corrected chi connectivity index (χ2v) is 3.63. The number of carbonyl (C=O) groups is 1. The van der Waals surface area contributed by atoms with E-state index in [0.29, 0.717) is 22.0 Å². The van der Waals surface area contributed by atoms with Gasteiger partial charge in [-0.1, -0.05) is 11.6 Å². The molecule has 0 saturated carbocycles. The van der Waals surface area contributed by atoms with Crippen LogP contribution in [-0.2, 0) is 0 Å². The van der Waals surface area contributed by atoms with Crippen LogP contribution in [0.25, 0.3) is 0 Å². The number of anilines is 1. The van der Waals surface area contributed by atoms with Gasteiger partial charge >= 0.3 is 0 Å². The van der Waals surface area contributed by atoms with Crippen molar-refractivity contribution >= 4 is 23.2 Å². The van der Waals surface area contributed by atoms with Crippen LogP contribution in [0.2, 0.25) is 5.02 Å². The van der Waals surface area contributed by atoms with Crippen molar-refractivity contribution in [2.24, 2.45) is 0 Å². The molecule has 0 aliphatic heterocycles. The molecule has 0 aromatic carbocycles. The average Bonchev–Trinajstić information content (AvgIpc) is 2.68. The molecule has 2 rings (SSSR count). The Morgan fingerprint density at radius 2 is 2.31 bits per heavy atom. The Morgan fingerprint density at radius 3 is 2.94 bits per heavy atom. The first-order valence-electron chi connectivity index (χ1n) is 4.59. The van der Waals surface area contributed by atoms with Crippen LogP contribution in [0.5, 0.6) is 0 Å². The van der Waals surface area contributed by atoms with Gasteiger partial charge in [0.05, 0.1) is 28.7 Å². The third kappa shape index (κ3) is 2.04. The molecule has 0 aliphatic rings. The van der Waals surface area contributed by atoms with E-state index in [-0.39, 0.29) is 5.91 Å². The molecule has 0 unspecified atom stereocenters. The zero-order valence-electron chi connectivity index (χ0n) is 8.49. The van der Waals surface area contributed by atoms with Crippen molar-refractivity contribution in [1.82, 2.24) is 15.2 Å². The molecular weight excluding hydrogens is 228 g/mol. The van der Waals surface area contributed by atoms with Crippen molar-refractivity contribution in [2.45, 2.75) is 6.92 Å². The second kappa shape index (κ2) is 4.32. The predicted octanol–water partition coefficient (Wildman–Crippen LogP) is 2.02. The van der Waals surface area contributed by atoms with E-state index in [1.807, 2.05) is 0 Å². The van der Waals surface area contributed by atoms with Crippen molar-refractivity contribution in [3.63, 3.8) is 0 Å². The normalized spacial score (nSPS) is 10.1. The number of hydrogen-bond acceptors (Lipinski definition) is 3. The summed E-state index contributed by atoms with van der Waals surface area (Å²) in [6.45, 7) is 1.77. The first-order valence-corrected chi connectivity index (χ1v) is 4.97. The van der Waals surface area contributed by atoms with Crippen molar-refractivity contribution in [3.8, 4) is 0 Å². The zero-order valence-corrected chi connectivity index (χ0v) is 9.25. The number of carbonyl (C=O) groups excluding carboxylic acids is 1. The molecule has 0 bridgehead atoms. The molecule has 2 aromatic rings. The van der Waals surface area contributed by atoms with E-state index in [4.69, 9.17) is 11.6 Å². The van der Waals surface area contributed by atoms with Gasteiger partial charge in [-0.15, -0.1) is 0 Å². The van der Waals surface area contributed by atoms with Crippen LogP contribution in [0.3, 0.4) is 0 Å². The van der Waals surface area contributed by atoms with E-state index in [0.717, 1.165) is 0 Å². The summed E-state index contributed by atoms with van der Waals surface area (Å²) in [7, 11) is 0. The first kappa shape index (κ1) is 10.6. The average molecular weight is 237 g/mol. The lowest BCUT2D eigenvalue weighted by Gasteiger charge is -2.05. The largest absolute Gasteiger partial charge is 0.319 e. The van der Waals surface area contributed by atoms with Gasteiger partial charge in [0.2, 0.25) is 0 Å². The standard InChI is InChI=1S/C10H9ClN4O/c1-6-7(4-13-15-6)10(16)14-9-5-12-3-2-8(9)11/h2-5H,1H3,(H,13,15)(H,14,16). The van der Waals surface area contributed by atoms with Gasteiger partial charge in [-0.25, -0.2) is 0 Å². The van der Waals surface area contributed by atoms with Crippen LogP contribution in [-0.4, -0.2) is 21.1 Å². The highest BCUT2D eigenvalue weighted by atomic mass is 35.5. The summed E-state index contributed by atoms with van der Waals surface area (Å²) in [6, 6.07) is 1.61. The molecule has 82 valence electrons. The number of aromatic nitrogens is 3. The number of nitrogens with one attached hydrogen (secondary N) is 2. The molecule has 0 spiro atoms. The minimum Gasteiger partial charge on any atom is -0.319 e. The highest BCUT2D eigenvalue weighted by molar-refractivity contribution is 6.33. The van der Waals surface area contributed by atoms with E-state index in [1.54, 1.807) is 19.2 Å². The van der Waals surface area contributed by atoms with E-state index in [2.05, 4.69) is 20.5 Å². The molecule has 0 saturated heterocycles. The number of amides is 1. The fourth-order valence-corrected chi connectivity index (χ4v) is 1.39. The maximum absolute atomic E-state index is 11.8. The summed E-state index contributed by atoms with van der Waals surface area (Å²) in [6.07, 6.45) is 4.52. The Morgan fingerprint density at radius 1 is 1.50 bits per heavy atom. The van der Waals surface area contributed by atoms with Gasteiger partial charge in [0.25, 0.3) is 5.91 Å². The van der Waals surface area contributed by atoms with Crippen LogP contribution >= 0.6 is 11.6 Å². The number of pyridine rings is 1. The number of aryl methyl sites for hydroxylation is 1. The summed E-state index contributed by atoms with van der Waals surface area (Å²) < 4.78 is 0. The molecule has 0 atom stereocenters. The number of H-pyrrole nitrogens is 1. The van der Waals surface area contributed by atoms with Crippen LogP contribution in [0.1, 0.15) is 16.1 Å². The van der Waals surface area contributed by atoms with E-state index < -0.39 is 0 Å². The third-order valence-electron chi connectivity index (χ3n) is 2.09. The molecule has 1 amide bonds. The van der Waals surface area contributed by atoms with Gasteiger partial charge in [-0.05, 0) is 13.0 Å². The van der Waals surface area contributed by atoms with Crippen LogP contribution in [0.4, 0.5) is 5.69 Å². The Labute approximate surface area is 96.8 Å². The predicted molar refractivity (Wildman–Crippen MR) is 60.5 cm³/mol. The number of hydrogen-bond donors (Lipinski definition) is 2. The lowest BCUT2D eigenvalue weighted by atomic mass is 10.2. The monoisotopic (exact) mass is 236 g/mol.